The summed E-state index contributed by atoms with van der Waals surface area (Å²) in [5, 5.41) is 0. The van der Waals surface area contributed by atoms with Crippen LogP contribution in [0.15, 0.2) is 4.36 Å². The monoisotopic (exact) mass is 176 g/mol. The first-order valence-corrected chi connectivity index (χ1v) is 6.20. The molecule has 0 saturated heterocycles. The summed E-state index contributed by atoms with van der Waals surface area (Å²) in [5.74, 6) is 0.653. The van der Waals surface area contributed by atoms with Crippen molar-refractivity contribution >= 4 is 9.73 Å². The molecular formula is C7H16N2OS. The summed E-state index contributed by atoms with van der Waals surface area (Å²) >= 11 is 0. The molecule has 0 heterocycles. The smallest absolute Gasteiger partial charge is 0.0638 e. The van der Waals surface area contributed by atoms with E-state index in [1.807, 2.05) is 0 Å². The molecule has 0 aromatic heterocycles. The van der Waals surface area contributed by atoms with E-state index in [1.54, 1.807) is 12.5 Å². The van der Waals surface area contributed by atoms with Gasteiger partial charge in [0.2, 0.25) is 0 Å². The Bertz CT molecular complexity index is 231. The van der Waals surface area contributed by atoms with E-state index in [-0.39, 0.29) is 6.04 Å². The van der Waals surface area contributed by atoms with Crippen LogP contribution in [-0.4, -0.2) is 29.3 Å². The number of nitrogens with two attached hydrogens (primary N) is 1. The van der Waals surface area contributed by atoms with Crippen LogP contribution in [0.4, 0.5) is 0 Å². The molecule has 0 bridgehead atoms. The number of hydrogen-bond acceptors (Lipinski definition) is 3. The highest BCUT2D eigenvalue weighted by atomic mass is 32.2. The maximum Gasteiger partial charge on any atom is 0.0638 e. The fourth-order valence-corrected chi connectivity index (χ4v) is 1.47. The zero-order chi connectivity index (χ0) is 8.48. The van der Waals surface area contributed by atoms with Crippen LogP contribution in [0, 0.1) is 5.92 Å². The van der Waals surface area contributed by atoms with Gasteiger partial charge in [0.25, 0.3) is 0 Å². The number of nitrogens with zero attached hydrogens (tertiary/aromatic N) is 1. The van der Waals surface area contributed by atoms with Gasteiger partial charge >= 0.3 is 0 Å². The quantitative estimate of drug-likeness (QED) is 0.679. The van der Waals surface area contributed by atoms with Crippen LogP contribution in [0.25, 0.3) is 0 Å². The highest BCUT2D eigenvalue weighted by Crippen LogP contribution is 2.31. The van der Waals surface area contributed by atoms with Crippen molar-refractivity contribution in [1.82, 2.24) is 0 Å². The third-order valence-electron chi connectivity index (χ3n) is 1.82. The predicted octanol–water partition coefficient (Wildman–Crippen LogP) is 0.451. The predicted molar refractivity (Wildman–Crippen MR) is 48.0 cm³/mol. The van der Waals surface area contributed by atoms with Crippen molar-refractivity contribution in [2.45, 2.75) is 18.9 Å². The standard InChI is InChI=1S/C7H16N2OS/c1-11(2,10)9-5-7(8)6-3-4-6/h6-7H,3-5,8H2,1-2H3. The molecule has 3 nitrogen and oxygen atoms in total. The van der Waals surface area contributed by atoms with Gasteiger partial charge in [0.1, 0.15) is 0 Å². The summed E-state index contributed by atoms with van der Waals surface area (Å²) in [5.41, 5.74) is 5.77. The van der Waals surface area contributed by atoms with Gasteiger partial charge < -0.3 is 5.73 Å². The van der Waals surface area contributed by atoms with E-state index < -0.39 is 9.73 Å². The zero-order valence-corrected chi connectivity index (χ0v) is 7.93. The van der Waals surface area contributed by atoms with E-state index in [1.165, 1.54) is 12.8 Å². The summed E-state index contributed by atoms with van der Waals surface area (Å²) in [6.07, 6.45) is 5.75. The molecule has 0 aliphatic heterocycles. The van der Waals surface area contributed by atoms with Crippen LogP contribution in [-0.2, 0) is 9.73 Å². The van der Waals surface area contributed by atoms with Gasteiger partial charge in [-0.25, -0.2) is 4.36 Å². The Balaban J connectivity index is 2.36. The molecule has 4 heteroatoms. The van der Waals surface area contributed by atoms with Crippen molar-refractivity contribution in [1.29, 1.82) is 0 Å². The normalized spacial score (nSPS) is 21.4. The molecule has 1 fully saturated rings. The third-order valence-corrected chi connectivity index (χ3v) is 2.59. The molecule has 66 valence electrons. The second-order valence-corrected chi connectivity index (χ2v) is 6.11. The maximum atomic E-state index is 11.1. The minimum absolute atomic E-state index is 0.149. The van der Waals surface area contributed by atoms with Crippen LogP contribution in [0.5, 0.6) is 0 Å². The fraction of sp³-hybridized carbons (Fsp3) is 1.00. The Morgan fingerprint density at radius 2 is 2.18 bits per heavy atom. The first-order chi connectivity index (χ1) is 4.99. The zero-order valence-electron chi connectivity index (χ0n) is 7.12. The van der Waals surface area contributed by atoms with Crippen molar-refractivity contribution in [2.24, 2.45) is 16.0 Å². The highest BCUT2D eigenvalue weighted by molar-refractivity contribution is 7.92. The second-order valence-electron chi connectivity index (χ2n) is 3.49. The molecule has 0 aromatic rings. The minimum Gasteiger partial charge on any atom is -0.326 e. The Hall–Kier alpha value is -0.0900. The lowest BCUT2D eigenvalue weighted by Crippen LogP contribution is -2.26. The Morgan fingerprint density at radius 1 is 1.64 bits per heavy atom. The van der Waals surface area contributed by atoms with Gasteiger partial charge in [-0.05, 0) is 18.8 Å². The lowest BCUT2D eigenvalue weighted by molar-refractivity contribution is 0.604. The lowest BCUT2D eigenvalue weighted by Gasteiger charge is -2.05. The van der Waals surface area contributed by atoms with Gasteiger partial charge in [-0.15, -0.1) is 0 Å². The van der Waals surface area contributed by atoms with Gasteiger partial charge in [-0.3, -0.25) is 4.21 Å². The molecule has 1 saturated carbocycles. The fourth-order valence-electron chi connectivity index (χ4n) is 0.939. The second kappa shape index (κ2) is 3.11. The number of hydrogen-bond donors (Lipinski definition) is 1. The van der Waals surface area contributed by atoms with Crippen LogP contribution < -0.4 is 5.73 Å². The molecule has 2 N–H and O–H groups in total. The maximum absolute atomic E-state index is 11.1. The summed E-state index contributed by atoms with van der Waals surface area (Å²) in [6.45, 7) is 0.566. The largest absolute Gasteiger partial charge is 0.326 e. The van der Waals surface area contributed by atoms with Gasteiger partial charge in [0.15, 0.2) is 0 Å². The van der Waals surface area contributed by atoms with E-state index in [2.05, 4.69) is 4.36 Å². The van der Waals surface area contributed by atoms with Crippen LogP contribution in [0.2, 0.25) is 0 Å². The molecule has 1 aliphatic rings. The first kappa shape index (κ1) is 9.00. The Kier molecular flexibility index (Phi) is 2.54. The summed E-state index contributed by atoms with van der Waals surface area (Å²) in [7, 11) is -1.93. The van der Waals surface area contributed by atoms with Crippen molar-refractivity contribution in [3.63, 3.8) is 0 Å². The first-order valence-electron chi connectivity index (χ1n) is 3.87. The molecular weight excluding hydrogens is 160 g/mol. The lowest BCUT2D eigenvalue weighted by atomic mass is 10.2. The molecule has 0 radical (unpaired) electrons. The highest BCUT2D eigenvalue weighted by Gasteiger charge is 2.28. The van der Waals surface area contributed by atoms with E-state index in [0.717, 1.165) is 0 Å². The van der Waals surface area contributed by atoms with Crippen LogP contribution in [0.3, 0.4) is 0 Å². The molecule has 0 amide bonds. The van der Waals surface area contributed by atoms with Crippen molar-refractivity contribution in [3.8, 4) is 0 Å². The van der Waals surface area contributed by atoms with E-state index in [0.29, 0.717) is 12.5 Å². The average Bonchev–Trinajstić information content (AvgIpc) is 2.61. The molecule has 1 rings (SSSR count). The molecule has 1 unspecified atom stereocenters. The van der Waals surface area contributed by atoms with Gasteiger partial charge in [0, 0.05) is 28.3 Å². The third kappa shape index (κ3) is 3.72. The van der Waals surface area contributed by atoms with Crippen molar-refractivity contribution in [3.05, 3.63) is 0 Å². The molecule has 1 aliphatic carbocycles. The van der Waals surface area contributed by atoms with Crippen molar-refractivity contribution in [2.75, 3.05) is 19.1 Å². The molecule has 0 aromatic carbocycles. The van der Waals surface area contributed by atoms with Gasteiger partial charge in [0.05, 0.1) is 6.54 Å². The van der Waals surface area contributed by atoms with Crippen LogP contribution in [0.1, 0.15) is 12.8 Å². The molecule has 0 spiro atoms. The minimum atomic E-state index is -1.93. The van der Waals surface area contributed by atoms with Gasteiger partial charge in [-0.1, -0.05) is 0 Å². The number of rotatable bonds is 3. The Labute approximate surface area is 68.5 Å². The topological polar surface area (TPSA) is 55.5 Å². The average molecular weight is 176 g/mol. The summed E-state index contributed by atoms with van der Waals surface area (Å²) in [4.78, 5) is 0. The van der Waals surface area contributed by atoms with Gasteiger partial charge in [-0.2, -0.15) is 0 Å². The summed E-state index contributed by atoms with van der Waals surface area (Å²) in [6, 6.07) is 0.149. The van der Waals surface area contributed by atoms with E-state index in [9.17, 15) is 4.21 Å². The van der Waals surface area contributed by atoms with E-state index >= 15 is 0 Å². The SMILES string of the molecule is CS(C)(=O)=NCC(N)C1CC1. The van der Waals surface area contributed by atoms with Crippen LogP contribution >= 0.6 is 0 Å². The Morgan fingerprint density at radius 3 is 2.55 bits per heavy atom. The summed E-state index contributed by atoms with van der Waals surface area (Å²) < 4.78 is 15.1. The van der Waals surface area contributed by atoms with Crippen molar-refractivity contribution < 1.29 is 4.21 Å². The van der Waals surface area contributed by atoms with E-state index in [4.69, 9.17) is 5.73 Å². The molecule has 11 heavy (non-hydrogen) atoms. The molecule has 1 atom stereocenters.